The van der Waals surface area contributed by atoms with Gasteiger partial charge in [0, 0.05) is 22.9 Å². The summed E-state index contributed by atoms with van der Waals surface area (Å²) >= 11 is 1.05. The van der Waals surface area contributed by atoms with E-state index >= 15 is 0 Å². The topological polar surface area (TPSA) is 204 Å². The average Bonchev–Trinajstić information content (AvgIpc) is 3.30. The zero-order valence-electron chi connectivity index (χ0n) is 18.6. The third-order valence-electron chi connectivity index (χ3n) is 4.89. The number of anilines is 2. The molecule has 1 amide bonds. The third kappa shape index (κ3) is 6.00. The molecule has 0 atom stereocenters. The zero-order valence-corrected chi connectivity index (χ0v) is 21.2. The first-order valence-corrected chi connectivity index (χ1v) is 14.3. The quantitative estimate of drug-likeness (QED) is 0.169. The van der Waals surface area contributed by atoms with Crippen LogP contribution in [-0.4, -0.2) is 53.1 Å². The van der Waals surface area contributed by atoms with E-state index in [4.69, 9.17) is 4.74 Å². The number of hydrogen-bond donors (Lipinski definition) is 6. The second-order valence-corrected chi connectivity index (χ2v) is 12.1. The summed E-state index contributed by atoms with van der Waals surface area (Å²) < 4.78 is 42.3. The monoisotopic (exact) mass is 569 g/mol. The molecule has 37 heavy (non-hydrogen) atoms. The molecule has 0 radical (unpaired) electrons. The number of fused-ring (bicyclic) bond motifs is 1. The Hall–Kier alpha value is -3.29. The summed E-state index contributed by atoms with van der Waals surface area (Å²) in [6.07, 6.45) is 0. The van der Waals surface area contributed by atoms with Gasteiger partial charge in [-0.05, 0) is 24.3 Å². The maximum absolute atomic E-state index is 14.0. The average molecular weight is 569 g/mol. The standard InChI is InChI=1S/C20H18FN5O8P2S/c1-34-14-6-5-12(8-13(14)21)23-18(27)11-4-2-3-10(7-11)16-24-17(15-19(25-16)37-9-22-15)26-20(35(28,29)30)36(31,32)33/h2-9,20H,1H3,(H,23,27)(H,24,25,26)(H2,28,29,30)(H2,31,32,33). The number of amides is 1. The maximum Gasteiger partial charge on any atom is 0.360 e. The fourth-order valence-electron chi connectivity index (χ4n) is 3.22. The lowest BCUT2D eigenvalue weighted by molar-refractivity contribution is 0.102. The summed E-state index contributed by atoms with van der Waals surface area (Å²) in [6, 6.07) is 9.90. The molecule has 0 bridgehead atoms. The van der Waals surface area contributed by atoms with Crippen LogP contribution in [0.5, 0.6) is 5.75 Å². The van der Waals surface area contributed by atoms with E-state index in [-0.39, 0.29) is 39.0 Å². The van der Waals surface area contributed by atoms with Crippen molar-refractivity contribution in [3.63, 3.8) is 0 Å². The molecule has 0 aliphatic heterocycles. The van der Waals surface area contributed by atoms with Crippen LogP contribution >= 0.6 is 26.5 Å². The first-order valence-electron chi connectivity index (χ1n) is 10.1. The minimum absolute atomic E-state index is 0.0137. The molecule has 0 aliphatic rings. The summed E-state index contributed by atoms with van der Waals surface area (Å²) in [5.74, 6) is -1.56. The number of carbonyl (C=O) groups excluding carboxylic acids is 1. The van der Waals surface area contributed by atoms with Crippen LogP contribution in [0.2, 0.25) is 0 Å². The van der Waals surface area contributed by atoms with Gasteiger partial charge in [0.1, 0.15) is 10.3 Å². The molecule has 0 saturated carbocycles. The molecule has 17 heteroatoms. The van der Waals surface area contributed by atoms with E-state index in [1.54, 1.807) is 6.07 Å². The van der Waals surface area contributed by atoms with Gasteiger partial charge in [0.05, 0.1) is 12.6 Å². The summed E-state index contributed by atoms with van der Waals surface area (Å²) in [6.45, 7) is 0. The summed E-state index contributed by atoms with van der Waals surface area (Å²) in [4.78, 5) is 63.4. The van der Waals surface area contributed by atoms with Crippen LogP contribution in [0.1, 0.15) is 10.4 Å². The molecular weight excluding hydrogens is 551 g/mol. The molecule has 0 aliphatic carbocycles. The van der Waals surface area contributed by atoms with Crippen LogP contribution in [-0.2, 0) is 9.13 Å². The number of rotatable bonds is 8. The fraction of sp³-hybridized carbons (Fsp3) is 0.100. The predicted octanol–water partition coefficient (Wildman–Crippen LogP) is 3.20. The van der Waals surface area contributed by atoms with Crippen molar-refractivity contribution in [2.75, 3.05) is 17.7 Å². The number of nitrogens with one attached hydrogen (secondary N) is 2. The molecule has 0 fully saturated rings. The Labute approximate surface area is 211 Å². The van der Waals surface area contributed by atoms with Gasteiger partial charge >= 0.3 is 15.2 Å². The molecule has 0 spiro atoms. The van der Waals surface area contributed by atoms with Crippen molar-refractivity contribution in [3.05, 3.63) is 59.4 Å². The number of carbonyl (C=O) groups is 1. The second kappa shape index (κ2) is 10.2. The molecule has 194 valence electrons. The molecule has 6 N–H and O–H groups in total. The lowest BCUT2D eigenvalue weighted by Gasteiger charge is -2.21. The van der Waals surface area contributed by atoms with E-state index in [9.17, 15) is 37.9 Å². The SMILES string of the molecule is COc1ccc(NC(=O)c2cccc(-c3nc(NC(P(=O)(O)O)P(=O)(O)O)c4ncsc4n3)c2)cc1F. The number of ether oxygens (including phenoxy) is 1. The molecule has 0 unspecified atom stereocenters. The van der Waals surface area contributed by atoms with Gasteiger partial charge in [-0.1, -0.05) is 12.1 Å². The lowest BCUT2D eigenvalue weighted by Crippen LogP contribution is -2.21. The Bertz CT molecular complexity index is 1570. The maximum atomic E-state index is 14.0. The third-order valence-corrected chi connectivity index (χ3v) is 8.95. The van der Waals surface area contributed by atoms with Gasteiger partial charge in [0.15, 0.2) is 23.2 Å². The normalized spacial score (nSPS) is 12.1. The van der Waals surface area contributed by atoms with Crippen molar-refractivity contribution >= 4 is 54.3 Å². The molecule has 4 aromatic rings. The van der Waals surface area contributed by atoms with Crippen molar-refractivity contribution in [1.29, 1.82) is 0 Å². The van der Waals surface area contributed by atoms with E-state index in [0.29, 0.717) is 5.56 Å². The Morgan fingerprint density at radius 2 is 1.81 bits per heavy atom. The van der Waals surface area contributed by atoms with Gasteiger partial charge in [-0.3, -0.25) is 13.9 Å². The first-order chi connectivity index (χ1) is 17.4. The van der Waals surface area contributed by atoms with Gasteiger partial charge in [-0.2, -0.15) is 0 Å². The molecule has 2 heterocycles. The predicted molar refractivity (Wildman–Crippen MR) is 133 cm³/mol. The van der Waals surface area contributed by atoms with Crippen LogP contribution in [0.15, 0.2) is 48.0 Å². The highest BCUT2D eigenvalue weighted by Gasteiger charge is 2.44. The summed E-state index contributed by atoms with van der Waals surface area (Å²) in [7, 11) is -9.33. The van der Waals surface area contributed by atoms with Crippen molar-refractivity contribution in [1.82, 2.24) is 15.0 Å². The molecular formula is C20H18FN5O8P2S. The Morgan fingerprint density at radius 1 is 1.08 bits per heavy atom. The van der Waals surface area contributed by atoms with Crippen LogP contribution in [0.4, 0.5) is 15.9 Å². The van der Waals surface area contributed by atoms with Gasteiger partial charge in [0.2, 0.25) is 5.52 Å². The largest absolute Gasteiger partial charge is 0.494 e. The van der Waals surface area contributed by atoms with Crippen LogP contribution < -0.4 is 15.4 Å². The van der Waals surface area contributed by atoms with E-state index in [1.807, 2.05) is 0 Å². The van der Waals surface area contributed by atoms with E-state index in [1.165, 1.54) is 43.0 Å². The van der Waals surface area contributed by atoms with E-state index < -0.39 is 32.4 Å². The van der Waals surface area contributed by atoms with Crippen molar-refractivity contribution in [3.8, 4) is 17.1 Å². The number of thiazole rings is 1. The molecule has 4 rings (SSSR count). The lowest BCUT2D eigenvalue weighted by atomic mass is 10.1. The highest BCUT2D eigenvalue weighted by Crippen LogP contribution is 2.59. The highest BCUT2D eigenvalue weighted by atomic mass is 32.1. The molecule has 2 aromatic carbocycles. The number of benzene rings is 2. The molecule has 0 saturated heterocycles. The van der Waals surface area contributed by atoms with Crippen LogP contribution in [0.3, 0.4) is 0 Å². The minimum Gasteiger partial charge on any atom is -0.494 e. The van der Waals surface area contributed by atoms with Gasteiger partial charge in [-0.15, -0.1) is 11.3 Å². The minimum atomic E-state index is -5.32. The number of hydrogen-bond acceptors (Lipinski definition) is 9. The number of halogens is 1. The van der Waals surface area contributed by atoms with Crippen LogP contribution in [0, 0.1) is 5.82 Å². The number of aromatic nitrogens is 3. The number of nitrogens with zero attached hydrogens (tertiary/aromatic N) is 3. The second-order valence-electron chi connectivity index (χ2n) is 7.48. The van der Waals surface area contributed by atoms with Crippen molar-refractivity contribution < 1.29 is 42.6 Å². The number of methoxy groups -OCH3 is 1. The van der Waals surface area contributed by atoms with E-state index in [0.717, 1.165) is 17.4 Å². The van der Waals surface area contributed by atoms with Gasteiger partial charge in [0.25, 0.3) is 5.91 Å². The zero-order chi connectivity index (χ0) is 27.0. The molecule has 2 aromatic heterocycles. The van der Waals surface area contributed by atoms with Crippen molar-refractivity contribution in [2.24, 2.45) is 0 Å². The first kappa shape index (κ1) is 26.8. The van der Waals surface area contributed by atoms with E-state index in [2.05, 4.69) is 25.6 Å². The van der Waals surface area contributed by atoms with Gasteiger partial charge < -0.3 is 34.9 Å². The fourth-order valence-corrected chi connectivity index (χ4v) is 6.03. The Morgan fingerprint density at radius 3 is 2.46 bits per heavy atom. The smallest absolute Gasteiger partial charge is 0.360 e. The molecule has 13 nitrogen and oxygen atoms in total. The Kier molecular flexibility index (Phi) is 7.40. The van der Waals surface area contributed by atoms with Gasteiger partial charge in [-0.25, -0.2) is 19.3 Å². The highest BCUT2D eigenvalue weighted by molar-refractivity contribution is 7.71. The summed E-state index contributed by atoms with van der Waals surface area (Å²) in [5, 5.41) is 4.68. The van der Waals surface area contributed by atoms with Crippen molar-refractivity contribution in [2.45, 2.75) is 5.52 Å². The van der Waals surface area contributed by atoms with Crippen LogP contribution in [0.25, 0.3) is 21.7 Å². The Balaban J connectivity index is 1.68. The summed E-state index contributed by atoms with van der Waals surface area (Å²) in [5.41, 5.74) is -0.514.